The minimum atomic E-state index is 0.0161. The molecular formula is C14H15N3S. The van der Waals surface area contributed by atoms with Gasteiger partial charge in [0.15, 0.2) is 0 Å². The highest BCUT2D eigenvalue weighted by molar-refractivity contribution is 7.98. The van der Waals surface area contributed by atoms with E-state index in [1.165, 1.54) is 11.1 Å². The molecule has 1 heterocycles. The Morgan fingerprint density at radius 2 is 2.17 bits per heavy atom. The highest BCUT2D eigenvalue weighted by Crippen LogP contribution is 2.25. The van der Waals surface area contributed by atoms with E-state index in [-0.39, 0.29) is 5.84 Å². The van der Waals surface area contributed by atoms with Gasteiger partial charge in [0.1, 0.15) is 11.5 Å². The topological polar surface area (TPSA) is 62.8 Å². The molecule has 18 heavy (non-hydrogen) atoms. The maximum absolute atomic E-state index is 7.50. The number of thioether (sulfide) groups is 1. The fraction of sp³-hybridized carbons (Fsp3) is 0.143. The fourth-order valence-corrected chi connectivity index (χ4v) is 2.65. The maximum Gasteiger partial charge on any atom is 0.142 e. The van der Waals surface area contributed by atoms with E-state index in [4.69, 9.17) is 11.1 Å². The van der Waals surface area contributed by atoms with Gasteiger partial charge in [-0.15, -0.1) is 11.8 Å². The molecule has 0 aliphatic carbocycles. The molecule has 92 valence electrons. The van der Waals surface area contributed by atoms with Gasteiger partial charge < -0.3 is 5.73 Å². The number of rotatable bonds is 4. The van der Waals surface area contributed by atoms with Crippen LogP contribution in [-0.2, 0) is 5.75 Å². The summed E-state index contributed by atoms with van der Waals surface area (Å²) in [4.78, 5) is 5.09. The molecular weight excluding hydrogens is 242 g/mol. The first kappa shape index (κ1) is 12.6. The van der Waals surface area contributed by atoms with Crippen molar-refractivity contribution in [2.24, 2.45) is 5.73 Å². The van der Waals surface area contributed by atoms with Crippen LogP contribution in [0.25, 0.3) is 0 Å². The molecule has 0 unspecified atom stereocenters. The van der Waals surface area contributed by atoms with Crippen molar-refractivity contribution < 1.29 is 0 Å². The molecule has 1 aromatic carbocycles. The van der Waals surface area contributed by atoms with E-state index in [9.17, 15) is 0 Å². The summed E-state index contributed by atoms with van der Waals surface area (Å²) < 4.78 is 0. The Kier molecular flexibility index (Phi) is 3.99. The van der Waals surface area contributed by atoms with E-state index in [0.717, 1.165) is 10.6 Å². The van der Waals surface area contributed by atoms with Crippen LogP contribution in [0.15, 0.2) is 47.5 Å². The van der Waals surface area contributed by atoms with Crippen LogP contribution in [-0.4, -0.2) is 10.8 Å². The zero-order valence-corrected chi connectivity index (χ0v) is 11.0. The molecule has 0 saturated heterocycles. The molecule has 0 radical (unpaired) electrons. The first-order chi connectivity index (χ1) is 8.66. The van der Waals surface area contributed by atoms with Gasteiger partial charge in [-0.05, 0) is 24.6 Å². The van der Waals surface area contributed by atoms with E-state index in [0.29, 0.717) is 5.69 Å². The van der Waals surface area contributed by atoms with Crippen LogP contribution < -0.4 is 5.73 Å². The molecule has 0 aliphatic heterocycles. The normalized spacial score (nSPS) is 10.3. The van der Waals surface area contributed by atoms with Gasteiger partial charge in [0, 0.05) is 16.8 Å². The average Bonchev–Trinajstić information content (AvgIpc) is 2.37. The average molecular weight is 257 g/mol. The summed E-state index contributed by atoms with van der Waals surface area (Å²) in [5.41, 5.74) is 8.60. The number of amidine groups is 1. The van der Waals surface area contributed by atoms with Gasteiger partial charge in [0.2, 0.25) is 0 Å². The Labute approximate surface area is 111 Å². The molecule has 3 N–H and O–H groups in total. The van der Waals surface area contributed by atoms with Crippen molar-refractivity contribution in [1.82, 2.24) is 4.98 Å². The lowest BCUT2D eigenvalue weighted by Gasteiger charge is -2.07. The largest absolute Gasteiger partial charge is 0.382 e. The third-order valence-electron chi connectivity index (χ3n) is 2.50. The van der Waals surface area contributed by atoms with Gasteiger partial charge in [0.25, 0.3) is 0 Å². The first-order valence-electron chi connectivity index (χ1n) is 5.64. The Morgan fingerprint density at radius 1 is 1.33 bits per heavy atom. The van der Waals surface area contributed by atoms with Crippen LogP contribution >= 0.6 is 11.8 Å². The van der Waals surface area contributed by atoms with Gasteiger partial charge in [0.05, 0.1) is 0 Å². The highest BCUT2D eigenvalue weighted by Gasteiger charge is 2.06. The van der Waals surface area contributed by atoms with E-state index >= 15 is 0 Å². The van der Waals surface area contributed by atoms with E-state index in [1.54, 1.807) is 18.0 Å². The second-order valence-corrected chi connectivity index (χ2v) is 5.06. The predicted molar refractivity (Wildman–Crippen MR) is 76.0 cm³/mol. The number of pyridine rings is 1. The number of hydrogen-bond donors (Lipinski definition) is 2. The molecule has 4 heteroatoms. The lowest BCUT2D eigenvalue weighted by atomic mass is 10.2. The van der Waals surface area contributed by atoms with Crippen molar-refractivity contribution in [2.45, 2.75) is 17.6 Å². The van der Waals surface area contributed by atoms with E-state index in [2.05, 4.69) is 36.2 Å². The number of nitrogens with zero attached hydrogens (tertiary/aromatic N) is 1. The van der Waals surface area contributed by atoms with Crippen LogP contribution in [0.4, 0.5) is 0 Å². The smallest absolute Gasteiger partial charge is 0.142 e. The monoisotopic (exact) mass is 257 g/mol. The third-order valence-corrected chi connectivity index (χ3v) is 3.62. The summed E-state index contributed by atoms with van der Waals surface area (Å²) >= 11 is 1.65. The Hall–Kier alpha value is -1.81. The number of hydrogen-bond acceptors (Lipinski definition) is 3. The first-order valence-corrected chi connectivity index (χ1v) is 6.63. The van der Waals surface area contributed by atoms with Gasteiger partial charge >= 0.3 is 0 Å². The van der Waals surface area contributed by atoms with Crippen LogP contribution in [0.3, 0.4) is 0 Å². The quantitative estimate of drug-likeness (QED) is 0.503. The predicted octanol–water partition coefficient (Wildman–Crippen LogP) is 2.97. The van der Waals surface area contributed by atoms with Crippen LogP contribution in [0.1, 0.15) is 16.8 Å². The van der Waals surface area contributed by atoms with Gasteiger partial charge in [-0.25, -0.2) is 0 Å². The summed E-state index contributed by atoms with van der Waals surface area (Å²) in [5, 5.41) is 7.50. The lowest BCUT2D eigenvalue weighted by molar-refractivity contribution is 1.17. The molecule has 3 nitrogen and oxygen atoms in total. The Morgan fingerprint density at radius 3 is 2.89 bits per heavy atom. The van der Waals surface area contributed by atoms with Crippen molar-refractivity contribution in [3.63, 3.8) is 0 Å². The van der Waals surface area contributed by atoms with Crippen molar-refractivity contribution in [1.29, 1.82) is 5.41 Å². The van der Waals surface area contributed by atoms with Crippen molar-refractivity contribution in [2.75, 3.05) is 0 Å². The molecule has 0 spiro atoms. The molecule has 2 rings (SSSR count). The standard InChI is InChI=1S/C14H15N3S/c1-10-4-2-5-11(8-10)9-18-12-6-3-7-17-13(12)14(15)16/h2-8H,9H2,1H3,(H3,15,16). The second-order valence-electron chi connectivity index (χ2n) is 4.04. The summed E-state index contributed by atoms with van der Waals surface area (Å²) in [6.07, 6.45) is 1.66. The van der Waals surface area contributed by atoms with Crippen LogP contribution in [0.2, 0.25) is 0 Å². The lowest BCUT2D eigenvalue weighted by Crippen LogP contribution is -2.14. The molecule has 0 atom stereocenters. The van der Waals surface area contributed by atoms with Crippen molar-refractivity contribution in [3.05, 3.63) is 59.4 Å². The van der Waals surface area contributed by atoms with E-state index < -0.39 is 0 Å². The molecule has 2 aromatic rings. The van der Waals surface area contributed by atoms with Crippen molar-refractivity contribution in [3.8, 4) is 0 Å². The number of benzene rings is 1. The summed E-state index contributed by atoms with van der Waals surface area (Å²) in [7, 11) is 0. The second kappa shape index (κ2) is 5.69. The summed E-state index contributed by atoms with van der Waals surface area (Å²) in [5.74, 6) is 0.871. The number of nitrogens with one attached hydrogen (secondary N) is 1. The minimum absolute atomic E-state index is 0.0161. The SMILES string of the molecule is Cc1cccc(CSc2cccnc2C(=N)N)c1. The number of aryl methyl sites for hydroxylation is 1. The van der Waals surface area contributed by atoms with E-state index in [1.807, 2.05) is 12.1 Å². The number of nitrogen functional groups attached to an aromatic ring is 1. The Bertz CT molecular complexity index is 566. The zero-order chi connectivity index (χ0) is 13.0. The summed E-state index contributed by atoms with van der Waals surface area (Å²) in [6, 6.07) is 12.2. The summed E-state index contributed by atoms with van der Waals surface area (Å²) in [6.45, 7) is 2.08. The molecule has 0 bridgehead atoms. The maximum atomic E-state index is 7.50. The van der Waals surface area contributed by atoms with Crippen molar-refractivity contribution >= 4 is 17.6 Å². The molecule has 1 aromatic heterocycles. The third kappa shape index (κ3) is 3.11. The molecule has 0 amide bonds. The number of nitrogens with two attached hydrogens (primary N) is 1. The minimum Gasteiger partial charge on any atom is -0.382 e. The van der Waals surface area contributed by atoms with Gasteiger partial charge in [-0.2, -0.15) is 0 Å². The Balaban J connectivity index is 2.13. The van der Waals surface area contributed by atoms with Crippen LogP contribution in [0.5, 0.6) is 0 Å². The zero-order valence-electron chi connectivity index (χ0n) is 10.2. The van der Waals surface area contributed by atoms with Gasteiger partial charge in [-0.1, -0.05) is 29.8 Å². The van der Waals surface area contributed by atoms with Gasteiger partial charge in [-0.3, -0.25) is 10.4 Å². The number of aromatic nitrogens is 1. The molecule has 0 aliphatic rings. The molecule has 0 saturated carbocycles. The highest BCUT2D eigenvalue weighted by atomic mass is 32.2. The molecule has 0 fully saturated rings. The van der Waals surface area contributed by atoms with Crippen LogP contribution in [0, 0.1) is 12.3 Å². The fourth-order valence-electron chi connectivity index (χ4n) is 1.67.